The van der Waals surface area contributed by atoms with Crippen molar-refractivity contribution in [1.82, 2.24) is 10.2 Å². The Bertz CT molecular complexity index is 450. The van der Waals surface area contributed by atoms with E-state index in [1.165, 1.54) is 0 Å². The van der Waals surface area contributed by atoms with Gasteiger partial charge in [-0.2, -0.15) is 0 Å². The van der Waals surface area contributed by atoms with E-state index in [1.807, 2.05) is 18.2 Å². The van der Waals surface area contributed by atoms with Gasteiger partial charge in [-0.05, 0) is 24.7 Å². The molecule has 2 rings (SSSR count). The Labute approximate surface area is 80.5 Å². The van der Waals surface area contributed by atoms with Gasteiger partial charge in [-0.15, -0.1) is 5.10 Å². The van der Waals surface area contributed by atoms with Gasteiger partial charge in [0.15, 0.2) is 0 Å². The fourth-order valence-electron chi connectivity index (χ4n) is 1.10. The topological polar surface area (TPSA) is 41.8 Å². The molecular weight excluding hydrogens is 184 g/mol. The summed E-state index contributed by atoms with van der Waals surface area (Å²) in [6, 6.07) is 0. The number of nitrogens with one attached hydrogen (secondary N) is 1. The summed E-state index contributed by atoms with van der Waals surface area (Å²) < 4.78 is 5.16. The summed E-state index contributed by atoms with van der Waals surface area (Å²) in [5, 5.41) is 6.50. The van der Waals surface area contributed by atoms with Crippen LogP contribution in [0.5, 0.6) is 0 Å². The highest BCUT2D eigenvalue weighted by Gasteiger charge is 2.07. The van der Waals surface area contributed by atoms with Crippen LogP contribution in [0.3, 0.4) is 0 Å². The van der Waals surface area contributed by atoms with Crippen LogP contribution in [-0.2, 0) is 0 Å². The molecule has 1 N–H and O–H groups in total. The van der Waals surface area contributed by atoms with Gasteiger partial charge < -0.3 is 4.42 Å². The normalized spacial score (nSPS) is 16.0. The molecule has 0 radical (unpaired) electrons. The van der Waals surface area contributed by atoms with Gasteiger partial charge in [0.25, 0.3) is 4.84 Å². The van der Waals surface area contributed by atoms with E-state index in [4.69, 9.17) is 16.6 Å². The van der Waals surface area contributed by atoms with Crippen molar-refractivity contribution in [3.05, 3.63) is 41.1 Å². The van der Waals surface area contributed by atoms with E-state index in [0.717, 1.165) is 17.6 Å². The van der Waals surface area contributed by atoms with E-state index in [2.05, 4.69) is 16.8 Å². The third-order valence-electron chi connectivity index (χ3n) is 1.77. The van der Waals surface area contributed by atoms with Crippen LogP contribution in [0, 0.1) is 4.84 Å². The van der Waals surface area contributed by atoms with Gasteiger partial charge in [0.2, 0.25) is 5.89 Å². The molecule has 0 saturated heterocycles. The quantitative estimate of drug-likeness (QED) is 0.695. The number of rotatable bonds is 1. The molecule has 0 unspecified atom stereocenters. The van der Waals surface area contributed by atoms with Gasteiger partial charge in [-0.25, -0.2) is 5.10 Å². The number of aromatic amines is 1. The Morgan fingerprint density at radius 3 is 2.92 bits per heavy atom. The number of hydrogen-bond acceptors (Lipinski definition) is 3. The maximum atomic E-state index is 5.16. The van der Waals surface area contributed by atoms with Gasteiger partial charge in [0.1, 0.15) is 0 Å². The maximum absolute atomic E-state index is 5.16. The van der Waals surface area contributed by atoms with Crippen LogP contribution in [-0.4, -0.2) is 10.2 Å². The highest BCUT2D eigenvalue weighted by atomic mass is 32.1. The number of H-pyrrole nitrogens is 1. The molecule has 0 amide bonds. The average Bonchev–Trinajstić information content (AvgIpc) is 2.53. The molecule has 0 aromatic carbocycles. The van der Waals surface area contributed by atoms with Gasteiger partial charge in [-0.1, -0.05) is 24.3 Å². The van der Waals surface area contributed by atoms with Crippen LogP contribution in [0.4, 0.5) is 0 Å². The Kier molecular flexibility index (Phi) is 1.98. The number of allylic oxidation sites excluding steroid dienone is 5. The van der Waals surface area contributed by atoms with Crippen molar-refractivity contribution in [3.8, 4) is 0 Å². The molecule has 1 heterocycles. The Hall–Kier alpha value is -1.42. The van der Waals surface area contributed by atoms with E-state index in [-0.39, 0.29) is 0 Å². The van der Waals surface area contributed by atoms with Crippen LogP contribution in [0.1, 0.15) is 12.3 Å². The molecule has 1 aliphatic rings. The van der Waals surface area contributed by atoms with Crippen molar-refractivity contribution < 1.29 is 4.42 Å². The summed E-state index contributed by atoms with van der Waals surface area (Å²) in [6.07, 6.45) is 6.71. The van der Waals surface area contributed by atoms with Crippen LogP contribution in [0.25, 0.3) is 5.57 Å². The molecule has 1 aliphatic carbocycles. The summed E-state index contributed by atoms with van der Waals surface area (Å²) in [5.41, 5.74) is 2.03. The molecule has 0 spiro atoms. The third kappa shape index (κ3) is 1.67. The minimum Gasteiger partial charge on any atom is -0.409 e. The Morgan fingerprint density at radius 2 is 2.38 bits per heavy atom. The zero-order valence-corrected chi connectivity index (χ0v) is 7.73. The van der Waals surface area contributed by atoms with Crippen molar-refractivity contribution >= 4 is 17.8 Å². The first-order chi connectivity index (χ1) is 6.25. The van der Waals surface area contributed by atoms with Gasteiger partial charge in [0, 0.05) is 5.57 Å². The van der Waals surface area contributed by atoms with Crippen LogP contribution in [0.2, 0.25) is 0 Å². The van der Waals surface area contributed by atoms with Gasteiger partial charge in [0.05, 0.1) is 0 Å². The van der Waals surface area contributed by atoms with E-state index in [1.54, 1.807) is 0 Å². The van der Waals surface area contributed by atoms with Crippen LogP contribution < -0.4 is 0 Å². The molecule has 1 aromatic heterocycles. The Balaban J connectivity index is 2.34. The Morgan fingerprint density at radius 1 is 1.54 bits per heavy atom. The zero-order valence-electron chi connectivity index (χ0n) is 6.91. The van der Waals surface area contributed by atoms with E-state index in [9.17, 15) is 0 Å². The molecule has 0 fully saturated rings. The molecule has 0 saturated carbocycles. The highest BCUT2D eigenvalue weighted by molar-refractivity contribution is 7.71. The minimum atomic E-state index is 0.300. The summed E-state index contributed by atoms with van der Waals surface area (Å²) in [5.74, 6) is 0.536. The van der Waals surface area contributed by atoms with Gasteiger partial charge in [-0.3, -0.25) is 0 Å². The molecule has 13 heavy (non-hydrogen) atoms. The first-order valence-electron chi connectivity index (χ1n) is 3.87. The predicted molar refractivity (Wildman–Crippen MR) is 52.6 cm³/mol. The van der Waals surface area contributed by atoms with Gasteiger partial charge >= 0.3 is 0 Å². The largest absolute Gasteiger partial charge is 0.409 e. The minimum absolute atomic E-state index is 0.300. The smallest absolute Gasteiger partial charge is 0.284 e. The summed E-state index contributed by atoms with van der Waals surface area (Å²) in [6.45, 7) is 3.84. The molecule has 1 aromatic rings. The van der Waals surface area contributed by atoms with Crippen molar-refractivity contribution in [2.75, 3.05) is 0 Å². The summed E-state index contributed by atoms with van der Waals surface area (Å²) in [7, 11) is 0. The predicted octanol–water partition coefficient (Wildman–Crippen LogP) is 2.63. The second-order valence-corrected chi connectivity index (χ2v) is 3.14. The highest BCUT2D eigenvalue weighted by Crippen LogP contribution is 2.21. The van der Waals surface area contributed by atoms with Crippen LogP contribution in [0.15, 0.2) is 34.8 Å². The lowest BCUT2D eigenvalue weighted by molar-refractivity contribution is 0.524. The number of aromatic nitrogens is 2. The number of nitrogens with zero attached hydrogens (tertiary/aromatic N) is 1. The molecular formula is C9H8N2OS. The fraction of sp³-hybridized carbons (Fsp3) is 0.111. The standard InChI is InChI=1S/C9H8N2OS/c1-6-2-4-7(5-3-6)8-10-11-9(13)12-8/h2,4-5H,1,3H2,(H,11,13). The summed E-state index contributed by atoms with van der Waals surface area (Å²) >= 11 is 4.77. The first-order valence-corrected chi connectivity index (χ1v) is 4.28. The van der Waals surface area contributed by atoms with E-state index in [0.29, 0.717) is 10.7 Å². The molecule has 4 heteroatoms. The fourth-order valence-corrected chi connectivity index (χ4v) is 1.22. The summed E-state index contributed by atoms with van der Waals surface area (Å²) in [4.78, 5) is 0.300. The molecule has 0 bridgehead atoms. The number of hydrogen-bond donors (Lipinski definition) is 1. The van der Waals surface area contributed by atoms with Crippen molar-refractivity contribution in [2.24, 2.45) is 0 Å². The van der Waals surface area contributed by atoms with E-state index >= 15 is 0 Å². The van der Waals surface area contributed by atoms with Crippen LogP contribution >= 0.6 is 12.2 Å². The van der Waals surface area contributed by atoms with Crippen molar-refractivity contribution in [2.45, 2.75) is 6.42 Å². The van der Waals surface area contributed by atoms with E-state index < -0.39 is 0 Å². The monoisotopic (exact) mass is 192 g/mol. The average molecular weight is 192 g/mol. The molecule has 0 atom stereocenters. The van der Waals surface area contributed by atoms with Crippen molar-refractivity contribution in [1.29, 1.82) is 0 Å². The van der Waals surface area contributed by atoms with Crippen molar-refractivity contribution in [3.63, 3.8) is 0 Å². The molecule has 0 aliphatic heterocycles. The third-order valence-corrected chi connectivity index (χ3v) is 1.94. The second kappa shape index (κ2) is 3.14. The second-order valence-electron chi connectivity index (χ2n) is 2.77. The molecule has 3 nitrogen and oxygen atoms in total. The lowest BCUT2D eigenvalue weighted by Gasteiger charge is -2.03. The lowest BCUT2D eigenvalue weighted by atomic mass is 10.0. The lowest BCUT2D eigenvalue weighted by Crippen LogP contribution is -1.87. The first kappa shape index (κ1) is 8.19. The SMILES string of the molecule is C=C1C=CC(c2n[nH]c(=S)o2)=CC1. The zero-order chi connectivity index (χ0) is 9.26. The molecule has 66 valence electrons. The maximum Gasteiger partial charge on any atom is 0.284 e.